The summed E-state index contributed by atoms with van der Waals surface area (Å²) >= 11 is 0. The highest BCUT2D eigenvalue weighted by atomic mass is 16.5. The third kappa shape index (κ3) is 1.74. The molecule has 0 spiro atoms. The molecule has 1 aromatic rings. The predicted octanol–water partition coefficient (Wildman–Crippen LogP) is 2.40. The lowest BCUT2D eigenvalue weighted by molar-refractivity contribution is 0.417. The van der Waals surface area contributed by atoms with Crippen molar-refractivity contribution in [3.8, 4) is 0 Å². The van der Waals surface area contributed by atoms with E-state index in [-0.39, 0.29) is 0 Å². The Bertz CT molecular complexity index is 330. The standard InChI is InChI=1S/C10H17N3O/c1-6(2)11-9-12-8(13-14-9)7-5-10(7,3)4/h6-7H,5H2,1-4H3,(H,11,12,13). The van der Waals surface area contributed by atoms with Crippen molar-refractivity contribution in [1.82, 2.24) is 10.1 Å². The lowest BCUT2D eigenvalue weighted by Gasteiger charge is -2.01. The van der Waals surface area contributed by atoms with Gasteiger partial charge in [0.1, 0.15) is 0 Å². The highest BCUT2D eigenvalue weighted by molar-refractivity contribution is 5.24. The van der Waals surface area contributed by atoms with Gasteiger partial charge in [0.2, 0.25) is 0 Å². The first-order valence-corrected chi connectivity index (χ1v) is 5.09. The van der Waals surface area contributed by atoms with Crippen molar-refractivity contribution in [3.05, 3.63) is 5.82 Å². The number of aromatic nitrogens is 2. The lowest BCUT2D eigenvalue weighted by Crippen LogP contribution is -2.09. The van der Waals surface area contributed by atoms with E-state index in [2.05, 4.69) is 29.3 Å². The second-order valence-corrected chi connectivity index (χ2v) is 5.00. The van der Waals surface area contributed by atoms with Gasteiger partial charge in [-0.2, -0.15) is 4.98 Å². The molecule has 1 atom stereocenters. The average molecular weight is 195 g/mol. The summed E-state index contributed by atoms with van der Waals surface area (Å²) in [6.45, 7) is 8.54. The van der Waals surface area contributed by atoms with Crippen molar-refractivity contribution in [1.29, 1.82) is 0 Å². The molecule has 1 N–H and O–H groups in total. The molecule has 0 aliphatic heterocycles. The van der Waals surface area contributed by atoms with Crippen LogP contribution in [0.1, 0.15) is 45.9 Å². The number of nitrogens with one attached hydrogen (secondary N) is 1. The summed E-state index contributed by atoms with van der Waals surface area (Å²) in [7, 11) is 0. The van der Waals surface area contributed by atoms with E-state index in [0.29, 0.717) is 23.4 Å². The van der Waals surface area contributed by atoms with Gasteiger partial charge < -0.3 is 9.84 Å². The van der Waals surface area contributed by atoms with Crippen LogP contribution in [-0.4, -0.2) is 16.2 Å². The van der Waals surface area contributed by atoms with Gasteiger partial charge in [-0.15, -0.1) is 0 Å². The van der Waals surface area contributed by atoms with Crippen LogP contribution in [0, 0.1) is 5.41 Å². The van der Waals surface area contributed by atoms with Gasteiger partial charge in [-0.3, -0.25) is 0 Å². The quantitative estimate of drug-likeness (QED) is 0.804. The summed E-state index contributed by atoms with van der Waals surface area (Å²) in [5.74, 6) is 1.33. The zero-order chi connectivity index (χ0) is 10.3. The lowest BCUT2D eigenvalue weighted by atomic mass is 10.1. The minimum Gasteiger partial charge on any atom is -0.336 e. The third-order valence-corrected chi connectivity index (χ3v) is 2.68. The van der Waals surface area contributed by atoms with Gasteiger partial charge in [0.25, 0.3) is 0 Å². The Balaban J connectivity index is 2.04. The van der Waals surface area contributed by atoms with Crippen molar-refractivity contribution in [3.63, 3.8) is 0 Å². The molecule has 0 aromatic carbocycles. The molecule has 1 saturated carbocycles. The fourth-order valence-corrected chi connectivity index (χ4v) is 1.59. The van der Waals surface area contributed by atoms with Crippen molar-refractivity contribution in [2.24, 2.45) is 5.41 Å². The molecule has 4 heteroatoms. The summed E-state index contributed by atoms with van der Waals surface area (Å²) in [5.41, 5.74) is 0.360. The number of rotatable bonds is 3. The van der Waals surface area contributed by atoms with Gasteiger partial charge >= 0.3 is 6.01 Å². The van der Waals surface area contributed by atoms with E-state index in [1.165, 1.54) is 0 Å². The molecule has 0 bridgehead atoms. The summed E-state index contributed by atoms with van der Waals surface area (Å²) in [4.78, 5) is 4.32. The summed E-state index contributed by atoms with van der Waals surface area (Å²) in [5, 5.41) is 7.07. The minimum absolute atomic E-state index is 0.329. The minimum atomic E-state index is 0.329. The van der Waals surface area contributed by atoms with E-state index < -0.39 is 0 Å². The van der Waals surface area contributed by atoms with E-state index in [1.54, 1.807) is 0 Å². The normalized spacial score (nSPS) is 23.9. The molecule has 1 fully saturated rings. The average Bonchev–Trinajstić information content (AvgIpc) is 2.52. The molecule has 1 heterocycles. The van der Waals surface area contributed by atoms with Crippen LogP contribution in [0.3, 0.4) is 0 Å². The van der Waals surface area contributed by atoms with Gasteiger partial charge in [-0.05, 0) is 25.7 Å². The zero-order valence-electron chi connectivity index (χ0n) is 9.16. The Hall–Kier alpha value is -1.06. The first-order chi connectivity index (χ1) is 6.49. The Morgan fingerprint density at radius 1 is 1.50 bits per heavy atom. The van der Waals surface area contributed by atoms with Crippen LogP contribution in [0.15, 0.2) is 4.52 Å². The monoisotopic (exact) mass is 195 g/mol. The van der Waals surface area contributed by atoms with Crippen LogP contribution in [0.25, 0.3) is 0 Å². The molecule has 0 amide bonds. The number of anilines is 1. The molecule has 4 nitrogen and oxygen atoms in total. The first-order valence-electron chi connectivity index (χ1n) is 5.09. The van der Waals surface area contributed by atoms with Gasteiger partial charge in [-0.25, -0.2) is 0 Å². The fraction of sp³-hybridized carbons (Fsp3) is 0.800. The van der Waals surface area contributed by atoms with Gasteiger partial charge in [0.15, 0.2) is 5.82 Å². The summed E-state index contributed by atoms with van der Waals surface area (Å²) in [6.07, 6.45) is 1.16. The van der Waals surface area contributed by atoms with Gasteiger partial charge in [-0.1, -0.05) is 19.0 Å². The maximum absolute atomic E-state index is 5.10. The summed E-state index contributed by atoms with van der Waals surface area (Å²) < 4.78 is 5.10. The van der Waals surface area contributed by atoms with Gasteiger partial charge in [0, 0.05) is 12.0 Å². The molecular formula is C10H17N3O. The van der Waals surface area contributed by atoms with Crippen molar-refractivity contribution < 1.29 is 4.52 Å². The molecule has 14 heavy (non-hydrogen) atoms. The predicted molar refractivity (Wildman–Crippen MR) is 54.2 cm³/mol. The van der Waals surface area contributed by atoms with E-state index in [1.807, 2.05) is 13.8 Å². The second-order valence-electron chi connectivity index (χ2n) is 5.00. The highest BCUT2D eigenvalue weighted by Gasteiger charge is 2.49. The van der Waals surface area contributed by atoms with Crippen LogP contribution in [0.4, 0.5) is 6.01 Å². The highest BCUT2D eigenvalue weighted by Crippen LogP contribution is 2.57. The number of nitrogens with zero attached hydrogens (tertiary/aromatic N) is 2. The van der Waals surface area contributed by atoms with E-state index in [4.69, 9.17) is 4.52 Å². The Morgan fingerprint density at radius 3 is 2.64 bits per heavy atom. The molecule has 2 rings (SSSR count). The molecule has 78 valence electrons. The van der Waals surface area contributed by atoms with Crippen LogP contribution < -0.4 is 5.32 Å². The first kappa shape index (κ1) is 9.49. The smallest absolute Gasteiger partial charge is 0.321 e. The van der Waals surface area contributed by atoms with Crippen molar-refractivity contribution in [2.75, 3.05) is 5.32 Å². The molecule has 1 aliphatic rings. The van der Waals surface area contributed by atoms with Crippen molar-refractivity contribution >= 4 is 6.01 Å². The number of hydrogen-bond acceptors (Lipinski definition) is 4. The van der Waals surface area contributed by atoms with E-state index in [9.17, 15) is 0 Å². The van der Waals surface area contributed by atoms with E-state index in [0.717, 1.165) is 12.2 Å². The van der Waals surface area contributed by atoms with Gasteiger partial charge in [0.05, 0.1) is 0 Å². The molecule has 1 unspecified atom stereocenters. The Labute approximate surface area is 84.1 Å². The largest absolute Gasteiger partial charge is 0.336 e. The molecule has 1 aliphatic carbocycles. The maximum atomic E-state index is 5.10. The Morgan fingerprint density at radius 2 is 2.14 bits per heavy atom. The van der Waals surface area contributed by atoms with Crippen LogP contribution in [0.5, 0.6) is 0 Å². The topological polar surface area (TPSA) is 51.0 Å². The van der Waals surface area contributed by atoms with Crippen LogP contribution in [-0.2, 0) is 0 Å². The van der Waals surface area contributed by atoms with Crippen LogP contribution >= 0.6 is 0 Å². The number of hydrogen-bond donors (Lipinski definition) is 1. The maximum Gasteiger partial charge on any atom is 0.321 e. The summed E-state index contributed by atoms with van der Waals surface area (Å²) in [6, 6.07) is 0.869. The molecule has 0 saturated heterocycles. The Kier molecular flexibility index (Phi) is 2.01. The third-order valence-electron chi connectivity index (χ3n) is 2.68. The SMILES string of the molecule is CC(C)Nc1nc(C2CC2(C)C)no1. The van der Waals surface area contributed by atoms with Crippen LogP contribution in [0.2, 0.25) is 0 Å². The molecular weight excluding hydrogens is 178 g/mol. The zero-order valence-corrected chi connectivity index (χ0v) is 9.16. The molecule has 1 aromatic heterocycles. The van der Waals surface area contributed by atoms with Crippen molar-refractivity contribution in [2.45, 2.75) is 46.1 Å². The fourth-order valence-electron chi connectivity index (χ4n) is 1.59. The molecule has 0 radical (unpaired) electrons. The van der Waals surface area contributed by atoms with E-state index >= 15 is 0 Å². The second kappa shape index (κ2) is 2.97.